The number of carbonyl (C=O) groups excluding carboxylic acids is 1. The number of hydrogen-bond donors (Lipinski definition) is 2. The summed E-state index contributed by atoms with van der Waals surface area (Å²) in [6, 6.07) is 13.6. The third-order valence-electron chi connectivity index (χ3n) is 11.3. The Bertz CT molecular complexity index is 2540. The van der Waals surface area contributed by atoms with Crippen molar-refractivity contribution < 1.29 is 22.7 Å². The van der Waals surface area contributed by atoms with Crippen LogP contribution in [0.3, 0.4) is 0 Å². The minimum Gasteiger partial charge on any atom is -0.493 e. The largest absolute Gasteiger partial charge is 0.493 e. The second kappa shape index (κ2) is 11.3. The molecule has 262 valence electrons. The van der Waals surface area contributed by atoms with Gasteiger partial charge in [0.05, 0.1) is 45.9 Å². The maximum Gasteiger partial charge on any atom is 0.434 e. The molecule has 52 heavy (non-hydrogen) atoms. The second-order valence-corrected chi connectivity index (χ2v) is 15.4. The minimum absolute atomic E-state index is 0.0575. The van der Waals surface area contributed by atoms with Crippen molar-refractivity contribution in [2.45, 2.75) is 57.0 Å². The zero-order valence-electron chi connectivity index (χ0n) is 28.3. The van der Waals surface area contributed by atoms with Crippen molar-refractivity contribution in [2.75, 3.05) is 19.0 Å². The molecule has 1 amide bonds. The number of anilines is 1. The highest BCUT2D eigenvalue weighted by molar-refractivity contribution is 7.23. The molecule has 1 atom stereocenters. The number of thiophene rings is 1. The van der Waals surface area contributed by atoms with Crippen LogP contribution in [0.1, 0.15) is 69.4 Å². The first-order valence-corrected chi connectivity index (χ1v) is 18.3. The van der Waals surface area contributed by atoms with Crippen LogP contribution in [0.5, 0.6) is 5.75 Å². The van der Waals surface area contributed by atoms with Crippen LogP contribution in [0.2, 0.25) is 0 Å². The topological polar surface area (TPSA) is 126 Å². The molecule has 5 aliphatic rings. The number of benzene rings is 2. The molecular formula is C39H32F2N6O4S. The summed E-state index contributed by atoms with van der Waals surface area (Å²) in [6.45, 7) is 2.63. The summed E-state index contributed by atoms with van der Waals surface area (Å²) in [4.78, 5) is 39.8. The number of H-pyrrole nitrogens is 1. The summed E-state index contributed by atoms with van der Waals surface area (Å²) in [6.07, 6.45) is 4.13. The van der Waals surface area contributed by atoms with Gasteiger partial charge in [-0.3, -0.25) is 9.78 Å². The number of aryl methyl sites for hydroxylation is 3. The molecule has 3 fully saturated rings. The van der Waals surface area contributed by atoms with Gasteiger partial charge < -0.3 is 19.4 Å². The average molecular weight is 719 g/mol. The fourth-order valence-electron chi connectivity index (χ4n) is 9.08. The second-order valence-electron chi connectivity index (χ2n) is 14.3. The zero-order chi connectivity index (χ0) is 35.5. The van der Waals surface area contributed by atoms with Crippen LogP contribution >= 0.6 is 11.3 Å². The Morgan fingerprint density at radius 1 is 1.06 bits per heavy atom. The highest BCUT2D eigenvalue weighted by Crippen LogP contribution is 2.63. The van der Waals surface area contributed by atoms with Crippen molar-refractivity contribution in [3.63, 3.8) is 0 Å². The summed E-state index contributed by atoms with van der Waals surface area (Å²) >= 11 is 1.50. The fourth-order valence-corrected chi connectivity index (χ4v) is 10.2. The van der Waals surface area contributed by atoms with Crippen LogP contribution in [0.4, 0.5) is 14.6 Å². The summed E-state index contributed by atoms with van der Waals surface area (Å²) < 4.78 is 40.3. The Labute approximate surface area is 299 Å². The standard InChI is InChI=1S/C39H32F2N6O4S/c1-18-13-21-14-28(52-33(21)35(42-18)44-26-12-9-24-23(26)8-10-25(41)32(24)50-2)30-29(36-45-46-38(49)51-36)27(11-5-19-3-6-22(40)7-4-19)43-34-31(30)37(48)47-17-20-15-39(34,47)16-20/h3-4,6-8,10,13-14,20,26H,5,9,11-12,15-17H2,1-2H3,(H,42,44)(H,46,49). The number of nitrogens with one attached hydrogen (secondary N) is 2. The number of methoxy groups -OCH3 is 1. The van der Waals surface area contributed by atoms with Crippen molar-refractivity contribution in [2.24, 2.45) is 5.92 Å². The Morgan fingerprint density at radius 3 is 2.65 bits per heavy atom. The molecule has 10 nitrogen and oxygen atoms in total. The van der Waals surface area contributed by atoms with Gasteiger partial charge in [0.15, 0.2) is 11.6 Å². The van der Waals surface area contributed by atoms with Crippen molar-refractivity contribution in [1.82, 2.24) is 25.1 Å². The molecule has 1 unspecified atom stereocenters. The maximum absolute atomic E-state index is 14.6. The summed E-state index contributed by atoms with van der Waals surface area (Å²) in [5.74, 6) is 0.0102. The van der Waals surface area contributed by atoms with Crippen LogP contribution in [0.25, 0.3) is 32.0 Å². The highest BCUT2D eigenvalue weighted by Gasteiger charge is 2.65. The predicted octanol–water partition coefficient (Wildman–Crippen LogP) is 7.26. The third kappa shape index (κ3) is 4.54. The number of pyridine rings is 2. The van der Waals surface area contributed by atoms with Crippen LogP contribution in [0.15, 0.2) is 57.7 Å². The molecule has 7 heterocycles. The minimum atomic E-state index is -0.714. The number of aromatic nitrogens is 4. The van der Waals surface area contributed by atoms with Crippen molar-refractivity contribution >= 4 is 33.1 Å². The SMILES string of the molecule is COc1c(F)ccc2c1CCC2Nc1nc(C)cc2cc(-c3c4c(nc(CCc5ccc(F)cc5)c3-c3n[nH]c(=O)o3)C35CC(CN3C4=O)C5)sc12. The predicted molar refractivity (Wildman–Crippen MR) is 191 cm³/mol. The van der Waals surface area contributed by atoms with E-state index in [1.54, 1.807) is 12.1 Å². The lowest BCUT2D eigenvalue weighted by molar-refractivity contribution is 0.0637. The molecular weight excluding hydrogens is 687 g/mol. The molecule has 0 radical (unpaired) electrons. The number of ether oxygens (including phenoxy) is 1. The van der Waals surface area contributed by atoms with Gasteiger partial charge in [-0.1, -0.05) is 18.2 Å². The van der Waals surface area contributed by atoms with Crippen LogP contribution in [-0.2, 0) is 24.8 Å². The summed E-state index contributed by atoms with van der Waals surface area (Å²) in [7, 11) is 1.49. The molecule has 2 saturated heterocycles. The first kappa shape index (κ1) is 31.3. The Kier molecular flexibility index (Phi) is 6.80. The number of fused-ring (bicyclic) bond motifs is 3. The number of hydrogen-bond acceptors (Lipinski definition) is 9. The molecule has 3 aliphatic heterocycles. The van der Waals surface area contributed by atoms with Gasteiger partial charge in [-0.05, 0) is 98.2 Å². The molecule has 11 rings (SSSR count). The van der Waals surface area contributed by atoms with Crippen molar-refractivity contribution in [3.05, 3.63) is 110 Å². The smallest absolute Gasteiger partial charge is 0.434 e. The van der Waals surface area contributed by atoms with E-state index in [0.717, 1.165) is 62.3 Å². The number of halogens is 2. The van der Waals surface area contributed by atoms with Gasteiger partial charge in [0.2, 0.25) is 0 Å². The van der Waals surface area contributed by atoms with E-state index >= 15 is 0 Å². The van der Waals surface area contributed by atoms with Gasteiger partial charge in [-0.25, -0.2) is 23.7 Å². The number of rotatable bonds is 8. The summed E-state index contributed by atoms with van der Waals surface area (Å²) in [5, 5.41) is 11.3. The monoisotopic (exact) mass is 718 g/mol. The molecule has 1 spiro atoms. The molecule has 6 aromatic rings. The van der Waals surface area contributed by atoms with Gasteiger partial charge >= 0.3 is 5.76 Å². The number of aromatic amines is 1. The number of amides is 1. The fraction of sp³-hybridized carbons (Fsp3) is 0.308. The third-order valence-corrected chi connectivity index (χ3v) is 12.5. The molecule has 2 bridgehead atoms. The Hall–Kier alpha value is -5.43. The van der Waals surface area contributed by atoms with Gasteiger partial charge in [-0.2, -0.15) is 0 Å². The Morgan fingerprint density at radius 2 is 1.88 bits per heavy atom. The lowest BCUT2D eigenvalue weighted by atomic mass is 9.71. The average Bonchev–Trinajstić information content (AvgIpc) is 3.96. The van der Waals surface area contributed by atoms with Crippen molar-refractivity contribution in [3.8, 4) is 27.6 Å². The molecule has 2 N–H and O–H groups in total. The lowest BCUT2D eigenvalue weighted by Gasteiger charge is -2.37. The molecule has 4 aromatic heterocycles. The highest BCUT2D eigenvalue weighted by atomic mass is 32.1. The first-order chi connectivity index (χ1) is 25.2. The van der Waals surface area contributed by atoms with Gasteiger partial charge in [-0.15, -0.1) is 16.4 Å². The maximum atomic E-state index is 14.6. The molecule has 13 heteroatoms. The van der Waals surface area contributed by atoms with E-state index in [0.29, 0.717) is 59.9 Å². The molecule has 1 saturated carbocycles. The lowest BCUT2D eigenvalue weighted by Crippen LogP contribution is -2.40. The van der Waals surface area contributed by atoms with E-state index in [9.17, 15) is 18.4 Å². The zero-order valence-corrected chi connectivity index (χ0v) is 29.1. The molecule has 2 aromatic carbocycles. The quantitative estimate of drug-likeness (QED) is 0.169. The molecule has 2 aliphatic carbocycles. The van der Waals surface area contributed by atoms with E-state index in [1.807, 2.05) is 24.0 Å². The van der Waals surface area contributed by atoms with Gasteiger partial charge in [0, 0.05) is 28.2 Å². The van der Waals surface area contributed by atoms with Crippen LogP contribution < -0.4 is 15.8 Å². The number of carbonyl (C=O) groups is 1. The van der Waals surface area contributed by atoms with Crippen molar-refractivity contribution in [1.29, 1.82) is 0 Å². The van der Waals surface area contributed by atoms with Crippen LogP contribution in [0, 0.1) is 24.5 Å². The van der Waals surface area contributed by atoms with E-state index in [1.165, 1.54) is 36.6 Å². The van der Waals surface area contributed by atoms with E-state index in [4.69, 9.17) is 19.1 Å². The van der Waals surface area contributed by atoms with E-state index < -0.39 is 11.3 Å². The van der Waals surface area contributed by atoms with Crippen LogP contribution in [-0.4, -0.2) is 44.6 Å². The normalized spacial score (nSPS) is 21.0. The first-order valence-electron chi connectivity index (χ1n) is 17.4. The summed E-state index contributed by atoms with van der Waals surface area (Å²) in [5.41, 5.74) is 6.20. The van der Waals surface area contributed by atoms with Gasteiger partial charge in [0.25, 0.3) is 11.8 Å². The van der Waals surface area contributed by atoms with Gasteiger partial charge in [0.1, 0.15) is 11.6 Å². The van der Waals surface area contributed by atoms with E-state index in [-0.39, 0.29) is 35.2 Å². The Balaban J connectivity index is 1.15. The van der Waals surface area contributed by atoms with E-state index in [2.05, 4.69) is 21.6 Å². The number of nitrogens with zero attached hydrogens (tertiary/aromatic N) is 4.